The summed E-state index contributed by atoms with van der Waals surface area (Å²) >= 11 is 12.3. The van der Waals surface area contributed by atoms with E-state index < -0.39 is 11.7 Å². The van der Waals surface area contributed by atoms with Crippen LogP contribution in [-0.4, -0.2) is 25.4 Å². The molecular weight excluding hydrogens is 339 g/mol. The van der Waals surface area contributed by atoms with E-state index in [9.17, 15) is 4.79 Å². The minimum Gasteiger partial charge on any atom is -0.461 e. The van der Waals surface area contributed by atoms with Gasteiger partial charge in [0.25, 0.3) is 0 Å². The summed E-state index contributed by atoms with van der Waals surface area (Å²) in [6.07, 6.45) is 1.72. The fourth-order valence-corrected chi connectivity index (χ4v) is 3.04. The van der Waals surface area contributed by atoms with Crippen molar-refractivity contribution >= 4 is 34.9 Å². The van der Waals surface area contributed by atoms with Crippen LogP contribution in [0.3, 0.4) is 0 Å². The number of esters is 1. The van der Waals surface area contributed by atoms with E-state index in [0.29, 0.717) is 28.0 Å². The molecule has 1 aromatic carbocycles. The third-order valence-electron chi connectivity index (χ3n) is 3.73. The van der Waals surface area contributed by atoms with Crippen LogP contribution < -0.4 is 10.4 Å². The lowest BCUT2D eigenvalue weighted by atomic mass is 9.98. The lowest BCUT2D eigenvalue weighted by molar-refractivity contribution is -0.138. The zero-order valence-corrected chi connectivity index (χ0v) is 15.0. The lowest BCUT2D eigenvalue weighted by Crippen LogP contribution is -2.54. The fraction of sp³-hybridized carbons (Fsp3) is 0.438. The highest BCUT2D eigenvalue weighted by Gasteiger charge is 2.46. The number of rotatable bonds is 5. The highest BCUT2D eigenvalue weighted by molar-refractivity contribution is 6.36. The van der Waals surface area contributed by atoms with Gasteiger partial charge in [-0.3, -0.25) is 10.4 Å². The second-order valence-corrected chi connectivity index (χ2v) is 6.28. The van der Waals surface area contributed by atoms with Crippen LogP contribution in [0, 0.1) is 5.92 Å². The molecule has 0 amide bonds. The quantitative estimate of drug-likeness (QED) is 0.812. The van der Waals surface area contributed by atoms with Gasteiger partial charge in [-0.1, -0.05) is 37.0 Å². The molecule has 1 aliphatic rings. The summed E-state index contributed by atoms with van der Waals surface area (Å²) in [5.74, 6) is -0.416. The van der Waals surface area contributed by atoms with Crippen LogP contribution >= 0.6 is 23.2 Å². The van der Waals surface area contributed by atoms with Crippen molar-refractivity contribution in [3.8, 4) is 0 Å². The number of methoxy groups -OCH3 is 1. The number of hydrogen-bond donors (Lipinski definition) is 1. The Kier molecular flexibility index (Phi) is 5.45. The summed E-state index contributed by atoms with van der Waals surface area (Å²) in [6.45, 7) is 6.04. The number of nitrogens with zero attached hydrogens (tertiary/aromatic N) is 1. The molecule has 1 heterocycles. The average Bonchev–Trinajstić information content (AvgIpc) is 2.88. The number of hydrogen-bond acceptors (Lipinski definition) is 5. The second kappa shape index (κ2) is 6.99. The van der Waals surface area contributed by atoms with Gasteiger partial charge in [-0.25, -0.2) is 4.79 Å². The molecule has 0 aliphatic carbocycles. The van der Waals surface area contributed by atoms with Gasteiger partial charge in [0.2, 0.25) is 0 Å². The first-order chi connectivity index (χ1) is 10.9. The van der Waals surface area contributed by atoms with Crippen molar-refractivity contribution in [2.45, 2.75) is 26.5 Å². The smallest absolute Gasteiger partial charge is 0.356 e. The number of carbonyl (C=O) groups excluding carboxylic acids is 1. The molecule has 126 valence electrons. The van der Waals surface area contributed by atoms with Crippen LogP contribution in [0.2, 0.25) is 10.0 Å². The Morgan fingerprint density at radius 1 is 1.39 bits per heavy atom. The maximum atomic E-state index is 12.1. The van der Waals surface area contributed by atoms with Crippen LogP contribution in [-0.2, 0) is 14.3 Å². The highest BCUT2D eigenvalue weighted by atomic mass is 35.5. The van der Waals surface area contributed by atoms with Gasteiger partial charge < -0.3 is 9.47 Å². The van der Waals surface area contributed by atoms with Crippen LogP contribution in [0.15, 0.2) is 30.0 Å². The van der Waals surface area contributed by atoms with Gasteiger partial charge in [0.05, 0.1) is 17.3 Å². The van der Waals surface area contributed by atoms with Crippen LogP contribution in [0.4, 0.5) is 5.69 Å². The number of halogens is 2. The molecule has 1 atom stereocenters. The van der Waals surface area contributed by atoms with Gasteiger partial charge in [0.1, 0.15) is 5.70 Å². The van der Waals surface area contributed by atoms with Crippen LogP contribution in [0.5, 0.6) is 0 Å². The zero-order valence-electron chi connectivity index (χ0n) is 13.5. The first kappa shape index (κ1) is 17.9. The predicted octanol–water partition coefficient (Wildman–Crippen LogP) is 3.76. The third kappa shape index (κ3) is 3.27. The van der Waals surface area contributed by atoms with E-state index in [0.717, 1.165) is 0 Å². The first-order valence-electron chi connectivity index (χ1n) is 7.32. The Morgan fingerprint density at radius 2 is 2.09 bits per heavy atom. The zero-order chi connectivity index (χ0) is 17.2. The molecule has 7 heteroatoms. The molecule has 1 aromatic rings. The third-order valence-corrected chi connectivity index (χ3v) is 4.27. The molecule has 0 spiro atoms. The van der Waals surface area contributed by atoms with E-state index in [4.69, 9.17) is 32.7 Å². The summed E-state index contributed by atoms with van der Waals surface area (Å²) in [6, 6.07) is 5.15. The van der Waals surface area contributed by atoms with Gasteiger partial charge >= 0.3 is 5.97 Å². The Morgan fingerprint density at radius 3 is 2.61 bits per heavy atom. The van der Waals surface area contributed by atoms with E-state index >= 15 is 0 Å². The van der Waals surface area contributed by atoms with E-state index in [1.165, 1.54) is 0 Å². The molecular formula is C16H20Cl2N2O3. The summed E-state index contributed by atoms with van der Waals surface area (Å²) in [4.78, 5) is 12.1. The van der Waals surface area contributed by atoms with Crippen molar-refractivity contribution in [2.75, 3.05) is 18.7 Å². The SMILES string of the molecule is CCOC(=O)C1=CC(OC)(C(C)C)N(c2ccc(Cl)cc2Cl)N1. The van der Waals surface area contributed by atoms with Crippen molar-refractivity contribution in [2.24, 2.45) is 5.92 Å². The Hall–Kier alpha value is -1.43. The van der Waals surface area contributed by atoms with Crippen LogP contribution in [0.1, 0.15) is 20.8 Å². The van der Waals surface area contributed by atoms with Crippen molar-refractivity contribution in [1.29, 1.82) is 0 Å². The molecule has 0 bridgehead atoms. The predicted molar refractivity (Wildman–Crippen MR) is 91.4 cm³/mol. The molecule has 1 aliphatic heterocycles. The number of nitrogens with one attached hydrogen (secondary N) is 1. The van der Waals surface area contributed by atoms with E-state index in [1.807, 2.05) is 13.8 Å². The number of anilines is 1. The minimum atomic E-state index is -0.875. The molecule has 1 N–H and O–H groups in total. The largest absolute Gasteiger partial charge is 0.461 e. The van der Waals surface area contributed by atoms with Gasteiger partial charge in [0, 0.05) is 24.1 Å². The van der Waals surface area contributed by atoms with E-state index in [1.54, 1.807) is 43.3 Å². The molecule has 0 aromatic heterocycles. The Balaban J connectivity index is 2.48. The van der Waals surface area contributed by atoms with Crippen LogP contribution in [0.25, 0.3) is 0 Å². The topological polar surface area (TPSA) is 50.8 Å². The molecule has 2 rings (SSSR count). The van der Waals surface area contributed by atoms with Crippen molar-refractivity contribution in [3.63, 3.8) is 0 Å². The minimum absolute atomic E-state index is 0.0265. The van der Waals surface area contributed by atoms with E-state index in [-0.39, 0.29) is 5.92 Å². The van der Waals surface area contributed by atoms with Gasteiger partial charge in [0.15, 0.2) is 5.72 Å². The average molecular weight is 359 g/mol. The normalized spacial score (nSPS) is 20.5. The number of hydrazine groups is 1. The van der Waals surface area contributed by atoms with Crippen molar-refractivity contribution in [1.82, 2.24) is 5.43 Å². The number of benzene rings is 1. The van der Waals surface area contributed by atoms with Gasteiger partial charge in [-0.05, 0) is 25.1 Å². The van der Waals surface area contributed by atoms with E-state index in [2.05, 4.69) is 5.43 Å². The second-order valence-electron chi connectivity index (χ2n) is 5.43. The molecule has 0 saturated heterocycles. The summed E-state index contributed by atoms with van der Waals surface area (Å²) in [5.41, 5.74) is 3.14. The standard InChI is InChI=1S/C16H20Cl2N2O3/c1-5-23-15(21)13-9-16(22-4,10(2)3)20(19-13)14-7-6-11(17)8-12(14)18/h6-10,19H,5H2,1-4H3. The molecule has 5 nitrogen and oxygen atoms in total. The summed E-state index contributed by atoms with van der Waals surface area (Å²) < 4.78 is 10.8. The lowest BCUT2D eigenvalue weighted by Gasteiger charge is -2.40. The molecule has 0 saturated carbocycles. The maximum Gasteiger partial charge on any atom is 0.356 e. The van der Waals surface area contributed by atoms with Gasteiger partial charge in [-0.15, -0.1) is 0 Å². The van der Waals surface area contributed by atoms with Crippen molar-refractivity contribution < 1.29 is 14.3 Å². The highest BCUT2D eigenvalue weighted by Crippen LogP contribution is 2.40. The first-order valence-corrected chi connectivity index (χ1v) is 8.08. The Bertz CT molecular complexity index is 634. The molecule has 23 heavy (non-hydrogen) atoms. The number of ether oxygens (including phenoxy) is 2. The number of carbonyl (C=O) groups is 1. The monoisotopic (exact) mass is 358 g/mol. The van der Waals surface area contributed by atoms with Crippen molar-refractivity contribution in [3.05, 3.63) is 40.0 Å². The van der Waals surface area contributed by atoms with Gasteiger partial charge in [-0.2, -0.15) is 0 Å². The molecule has 1 unspecified atom stereocenters. The summed E-state index contributed by atoms with van der Waals surface area (Å²) in [5, 5.41) is 2.71. The fourth-order valence-electron chi connectivity index (χ4n) is 2.55. The molecule has 0 radical (unpaired) electrons. The maximum absolute atomic E-state index is 12.1. The molecule has 0 fully saturated rings. The summed E-state index contributed by atoms with van der Waals surface area (Å²) in [7, 11) is 1.59. The Labute approximate surface area is 146 Å².